The summed E-state index contributed by atoms with van der Waals surface area (Å²) < 4.78 is 0. The maximum absolute atomic E-state index is 11.9. The minimum absolute atomic E-state index is 0.0230. The van der Waals surface area contributed by atoms with E-state index in [4.69, 9.17) is 0 Å². The third kappa shape index (κ3) is 5.13. The molecule has 26 heavy (non-hydrogen) atoms. The summed E-state index contributed by atoms with van der Waals surface area (Å²) in [6, 6.07) is 6.50. The Hall–Kier alpha value is -2.24. The van der Waals surface area contributed by atoms with Crippen molar-refractivity contribution in [2.45, 2.75) is 27.2 Å². The quantitative estimate of drug-likeness (QED) is 0.644. The molecule has 0 spiro atoms. The fourth-order valence-corrected chi connectivity index (χ4v) is 3.03. The molecule has 1 saturated heterocycles. The van der Waals surface area contributed by atoms with Crippen molar-refractivity contribution in [2.24, 2.45) is 4.99 Å². The van der Waals surface area contributed by atoms with Crippen molar-refractivity contribution in [2.75, 3.05) is 58.3 Å². The maximum atomic E-state index is 11.9. The lowest BCUT2D eigenvalue weighted by molar-refractivity contribution is -0.127. The van der Waals surface area contributed by atoms with E-state index in [9.17, 15) is 4.79 Å². The van der Waals surface area contributed by atoms with Gasteiger partial charge in [-0.1, -0.05) is 19.1 Å². The highest BCUT2D eigenvalue weighted by Crippen LogP contribution is 2.23. The normalized spacial score (nSPS) is 15.2. The molecule has 0 atom stereocenters. The number of rotatable bonds is 5. The number of anilines is 1. The molecule has 0 bridgehead atoms. The minimum atomic E-state index is 0.0230. The SMILES string of the molecule is CCCNC(=NCC(=O)N(C)C)N1CCN(c2cccc(C)c2C)CC1. The van der Waals surface area contributed by atoms with Crippen LogP contribution in [-0.4, -0.2) is 75.0 Å². The highest BCUT2D eigenvalue weighted by molar-refractivity contribution is 5.85. The van der Waals surface area contributed by atoms with Crippen LogP contribution in [0.5, 0.6) is 0 Å². The van der Waals surface area contributed by atoms with Crippen LogP contribution in [-0.2, 0) is 4.79 Å². The van der Waals surface area contributed by atoms with Gasteiger partial charge in [-0.05, 0) is 37.5 Å². The van der Waals surface area contributed by atoms with E-state index < -0.39 is 0 Å². The third-order valence-electron chi connectivity index (χ3n) is 4.89. The molecule has 0 saturated carbocycles. The van der Waals surface area contributed by atoms with Crippen LogP contribution in [0.1, 0.15) is 24.5 Å². The molecule has 0 aliphatic carbocycles. The number of carbonyl (C=O) groups is 1. The van der Waals surface area contributed by atoms with Gasteiger partial charge in [0.25, 0.3) is 0 Å². The van der Waals surface area contributed by atoms with Crippen molar-refractivity contribution in [1.29, 1.82) is 0 Å². The van der Waals surface area contributed by atoms with Crippen molar-refractivity contribution in [3.8, 4) is 0 Å². The monoisotopic (exact) mass is 359 g/mol. The van der Waals surface area contributed by atoms with E-state index in [1.165, 1.54) is 16.8 Å². The summed E-state index contributed by atoms with van der Waals surface area (Å²) in [5.41, 5.74) is 4.02. The predicted octanol–water partition coefficient (Wildman–Crippen LogP) is 1.87. The molecular formula is C20H33N5O. The van der Waals surface area contributed by atoms with Crippen LogP contribution in [0, 0.1) is 13.8 Å². The Kier molecular flexibility index (Phi) is 7.30. The molecule has 0 unspecified atom stereocenters. The number of hydrogen-bond acceptors (Lipinski definition) is 3. The fraction of sp³-hybridized carbons (Fsp3) is 0.600. The summed E-state index contributed by atoms with van der Waals surface area (Å²) in [4.78, 5) is 22.7. The first kappa shape index (κ1) is 20.1. The van der Waals surface area contributed by atoms with Crippen molar-refractivity contribution in [3.05, 3.63) is 29.3 Å². The molecule has 1 fully saturated rings. The molecule has 2 rings (SSSR count). The van der Waals surface area contributed by atoms with E-state index in [0.29, 0.717) is 0 Å². The van der Waals surface area contributed by atoms with Gasteiger partial charge in [0.15, 0.2) is 5.96 Å². The molecule has 1 aliphatic rings. The Morgan fingerprint density at radius 2 is 1.88 bits per heavy atom. The van der Waals surface area contributed by atoms with Crippen LogP contribution in [0.2, 0.25) is 0 Å². The number of aryl methyl sites for hydroxylation is 1. The molecule has 1 amide bonds. The molecule has 1 aliphatic heterocycles. The van der Waals surface area contributed by atoms with Crippen molar-refractivity contribution in [1.82, 2.24) is 15.1 Å². The van der Waals surface area contributed by atoms with E-state index >= 15 is 0 Å². The summed E-state index contributed by atoms with van der Waals surface area (Å²) in [5, 5.41) is 3.40. The fourth-order valence-electron chi connectivity index (χ4n) is 3.03. The van der Waals surface area contributed by atoms with Gasteiger partial charge in [-0.15, -0.1) is 0 Å². The second-order valence-electron chi connectivity index (χ2n) is 7.05. The summed E-state index contributed by atoms with van der Waals surface area (Å²) in [6.07, 6.45) is 1.03. The highest BCUT2D eigenvalue weighted by atomic mass is 16.2. The van der Waals surface area contributed by atoms with E-state index in [-0.39, 0.29) is 12.5 Å². The molecule has 1 N–H and O–H groups in total. The summed E-state index contributed by atoms with van der Waals surface area (Å²) >= 11 is 0. The van der Waals surface area contributed by atoms with Gasteiger partial charge >= 0.3 is 0 Å². The number of likely N-dealkylation sites (N-methyl/N-ethyl adjacent to an activating group) is 1. The molecule has 1 heterocycles. The van der Waals surface area contributed by atoms with Crippen LogP contribution >= 0.6 is 0 Å². The van der Waals surface area contributed by atoms with E-state index in [1.54, 1.807) is 19.0 Å². The maximum Gasteiger partial charge on any atom is 0.243 e. The first-order valence-electron chi connectivity index (χ1n) is 9.48. The summed E-state index contributed by atoms with van der Waals surface area (Å²) in [5.74, 6) is 0.873. The van der Waals surface area contributed by atoms with Gasteiger partial charge in [-0.2, -0.15) is 0 Å². The van der Waals surface area contributed by atoms with Gasteiger partial charge in [-0.25, -0.2) is 4.99 Å². The third-order valence-corrected chi connectivity index (χ3v) is 4.89. The van der Waals surface area contributed by atoms with Gasteiger partial charge in [-0.3, -0.25) is 4.79 Å². The van der Waals surface area contributed by atoms with Crippen LogP contribution < -0.4 is 10.2 Å². The van der Waals surface area contributed by atoms with Crippen LogP contribution in [0.15, 0.2) is 23.2 Å². The lowest BCUT2D eigenvalue weighted by Crippen LogP contribution is -2.53. The molecule has 1 aromatic carbocycles. The minimum Gasteiger partial charge on any atom is -0.368 e. The zero-order valence-corrected chi connectivity index (χ0v) is 16.9. The molecule has 0 aromatic heterocycles. The number of carbonyl (C=O) groups excluding carboxylic acids is 1. The second-order valence-corrected chi connectivity index (χ2v) is 7.05. The van der Waals surface area contributed by atoms with Crippen LogP contribution in [0.4, 0.5) is 5.69 Å². The Bertz CT molecular complexity index is 633. The standard InChI is InChI=1S/C20H33N5O/c1-6-10-21-20(22-15-19(26)23(4)5)25-13-11-24(12-14-25)18-9-7-8-16(2)17(18)3/h7-9H,6,10-15H2,1-5H3,(H,21,22). The Balaban J connectivity index is 2.02. The van der Waals surface area contributed by atoms with Crippen molar-refractivity contribution >= 4 is 17.6 Å². The highest BCUT2D eigenvalue weighted by Gasteiger charge is 2.21. The number of guanidine groups is 1. The van der Waals surface area contributed by atoms with Crippen molar-refractivity contribution in [3.63, 3.8) is 0 Å². The first-order chi connectivity index (χ1) is 12.4. The average Bonchev–Trinajstić information content (AvgIpc) is 2.64. The number of nitrogens with zero attached hydrogens (tertiary/aromatic N) is 4. The van der Waals surface area contributed by atoms with Crippen molar-refractivity contribution < 1.29 is 4.79 Å². The Morgan fingerprint density at radius 3 is 2.50 bits per heavy atom. The number of benzene rings is 1. The number of amides is 1. The van der Waals surface area contributed by atoms with Crippen LogP contribution in [0.25, 0.3) is 0 Å². The smallest absolute Gasteiger partial charge is 0.243 e. The molecule has 6 nitrogen and oxygen atoms in total. The Labute approximate surface area is 157 Å². The lowest BCUT2D eigenvalue weighted by Gasteiger charge is -2.38. The molecular weight excluding hydrogens is 326 g/mol. The molecule has 0 radical (unpaired) electrons. The lowest BCUT2D eigenvalue weighted by atomic mass is 10.1. The van der Waals surface area contributed by atoms with Gasteiger partial charge in [0.05, 0.1) is 0 Å². The van der Waals surface area contributed by atoms with Crippen LogP contribution in [0.3, 0.4) is 0 Å². The first-order valence-corrected chi connectivity index (χ1v) is 9.48. The zero-order chi connectivity index (χ0) is 19.1. The van der Waals surface area contributed by atoms with E-state index in [1.807, 2.05) is 0 Å². The van der Waals surface area contributed by atoms with Gasteiger partial charge < -0.3 is 20.0 Å². The van der Waals surface area contributed by atoms with E-state index in [0.717, 1.165) is 45.1 Å². The topological polar surface area (TPSA) is 51.2 Å². The molecule has 1 aromatic rings. The summed E-state index contributed by atoms with van der Waals surface area (Å²) in [6.45, 7) is 11.3. The van der Waals surface area contributed by atoms with Gasteiger partial charge in [0, 0.05) is 52.5 Å². The van der Waals surface area contributed by atoms with Gasteiger partial charge in [0.1, 0.15) is 6.54 Å². The summed E-state index contributed by atoms with van der Waals surface area (Å²) in [7, 11) is 3.53. The number of hydrogen-bond donors (Lipinski definition) is 1. The van der Waals surface area contributed by atoms with E-state index in [2.05, 4.69) is 59.1 Å². The number of aliphatic imine (C=N–C) groups is 1. The second kappa shape index (κ2) is 9.46. The van der Waals surface area contributed by atoms with Gasteiger partial charge in [0.2, 0.25) is 5.91 Å². The molecule has 144 valence electrons. The molecule has 6 heteroatoms. The zero-order valence-electron chi connectivity index (χ0n) is 16.9. The Morgan fingerprint density at radius 1 is 1.19 bits per heavy atom. The average molecular weight is 360 g/mol. The predicted molar refractivity (Wildman–Crippen MR) is 109 cm³/mol. The number of piperazine rings is 1. The number of nitrogens with one attached hydrogen (secondary N) is 1. The largest absolute Gasteiger partial charge is 0.368 e.